The Bertz CT molecular complexity index is 674. The smallest absolute Gasteiger partial charge is 0.225 e. The average Bonchev–Trinajstić information content (AvgIpc) is 2.56. The van der Waals surface area contributed by atoms with Gasteiger partial charge < -0.3 is 15.5 Å². The molecule has 6 nitrogen and oxygen atoms in total. The van der Waals surface area contributed by atoms with Gasteiger partial charge in [-0.25, -0.2) is 8.42 Å². The second kappa shape index (κ2) is 7.76. The summed E-state index contributed by atoms with van der Waals surface area (Å²) in [4.78, 5) is 14.3. The van der Waals surface area contributed by atoms with E-state index in [2.05, 4.69) is 15.5 Å². The average molecular weight is 370 g/mol. The van der Waals surface area contributed by atoms with Crippen molar-refractivity contribution in [1.82, 2.24) is 5.32 Å². The zero-order valence-electron chi connectivity index (χ0n) is 13.5. The second-order valence-corrected chi connectivity index (χ2v) is 9.62. The molecule has 2 N–H and O–H groups in total. The van der Waals surface area contributed by atoms with E-state index in [0.717, 1.165) is 29.4 Å². The van der Waals surface area contributed by atoms with Crippen molar-refractivity contribution in [3.05, 3.63) is 24.3 Å². The number of thioether (sulfide) groups is 1. The van der Waals surface area contributed by atoms with Gasteiger partial charge in [-0.15, -0.1) is 0 Å². The third-order valence-electron chi connectivity index (χ3n) is 4.27. The fourth-order valence-corrected chi connectivity index (χ4v) is 5.09. The van der Waals surface area contributed by atoms with Crippen LogP contribution in [0.25, 0.3) is 0 Å². The fraction of sp³-hybridized carbons (Fsp3) is 0.562. The standard InChI is InChI=1S/C16H23N3O3S2/c20-16(11-14-12-23-7-4-17-14)18-13-2-1-3-15(10-13)19-5-8-24(21,22)9-6-19/h1-3,10,14,17H,4-9,11-12H2,(H,18,20). The molecule has 0 aliphatic carbocycles. The summed E-state index contributed by atoms with van der Waals surface area (Å²) < 4.78 is 23.1. The van der Waals surface area contributed by atoms with Gasteiger partial charge in [0.05, 0.1) is 11.5 Å². The van der Waals surface area contributed by atoms with E-state index in [1.807, 2.05) is 36.0 Å². The molecular formula is C16H23N3O3S2. The van der Waals surface area contributed by atoms with E-state index in [9.17, 15) is 13.2 Å². The van der Waals surface area contributed by atoms with Crippen LogP contribution in [0.3, 0.4) is 0 Å². The summed E-state index contributed by atoms with van der Waals surface area (Å²) in [5.41, 5.74) is 1.71. The van der Waals surface area contributed by atoms with E-state index < -0.39 is 9.84 Å². The summed E-state index contributed by atoms with van der Waals surface area (Å²) in [6.07, 6.45) is 0.471. The largest absolute Gasteiger partial charge is 0.369 e. The number of nitrogens with one attached hydrogen (secondary N) is 2. The number of nitrogens with zero attached hydrogens (tertiary/aromatic N) is 1. The zero-order valence-corrected chi connectivity index (χ0v) is 15.2. The van der Waals surface area contributed by atoms with Crippen LogP contribution in [-0.4, -0.2) is 63.0 Å². The SMILES string of the molecule is O=C(CC1CSCCN1)Nc1cccc(N2CCS(=O)(=O)CC2)c1. The van der Waals surface area contributed by atoms with E-state index in [-0.39, 0.29) is 23.5 Å². The van der Waals surface area contributed by atoms with Crippen LogP contribution in [-0.2, 0) is 14.6 Å². The molecule has 1 aromatic rings. The van der Waals surface area contributed by atoms with Gasteiger partial charge in [-0.1, -0.05) is 6.07 Å². The molecule has 2 heterocycles. The van der Waals surface area contributed by atoms with Crippen LogP contribution in [0, 0.1) is 0 Å². The number of amides is 1. The summed E-state index contributed by atoms with van der Waals surface area (Å²) in [6.45, 7) is 1.96. The van der Waals surface area contributed by atoms with Crippen LogP contribution in [0.4, 0.5) is 11.4 Å². The van der Waals surface area contributed by atoms with Crippen molar-refractivity contribution in [1.29, 1.82) is 0 Å². The first-order chi connectivity index (χ1) is 11.5. The van der Waals surface area contributed by atoms with Crippen LogP contribution in [0.5, 0.6) is 0 Å². The van der Waals surface area contributed by atoms with Crippen LogP contribution in [0.15, 0.2) is 24.3 Å². The fourth-order valence-electron chi connectivity index (χ4n) is 2.94. The van der Waals surface area contributed by atoms with Gasteiger partial charge in [0, 0.05) is 55.0 Å². The van der Waals surface area contributed by atoms with Crippen molar-refractivity contribution in [3.63, 3.8) is 0 Å². The van der Waals surface area contributed by atoms with Crippen LogP contribution in [0.2, 0.25) is 0 Å². The van der Waals surface area contributed by atoms with Gasteiger partial charge in [0.1, 0.15) is 0 Å². The Morgan fingerprint density at radius 3 is 2.83 bits per heavy atom. The van der Waals surface area contributed by atoms with Crippen molar-refractivity contribution in [3.8, 4) is 0 Å². The van der Waals surface area contributed by atoms with Gasteiger partial charge in [0.2, 0.25) is 5.91 Å². The quantitative estimate of drug-likeness (QED) is 0.823. The first kappa shape index (κ1) is 17.6. The summed E-state index contributed by atoms with van der Waals surface area (Å²) in [5.74, 6) is 2.46. The van der Waals surface area contributed by atoms with E-state index in [4.69, 9.17) is 0 Å². The van der Waals surface area contributed by atoms with Gasteiger partial charge in [0.25, 0.3) is 0 Å². The number of rotatable bonds is 4. The normalized spacial score (nSPS) is 23.7. The predicted molar refractivity (Wildman–Crippen MR) is 99.7 cm³/mol. The van der Waals surface area contributed by atoms with Crippen molar-refractivity contribution in [2.75, 3.05) is 52.9 Å². The lowest BCUT2D eigenvalue weighted by Gasteiger charge is -2.29. The van der Waals surface area contributed by atoms with Gasteiger partial charge >= 0.3 is 0 Å². The van der Waals surface area contributed by atoms with Crippen LogP contribution >= 0.6 is 11.8 Å². The molecule has 1 unspecified atom stereocenters. The first-order valence-corrected chi connectivity index (χ1v) is 11.2. The molecule has 0 bridgehead atoms. The molecule has 2 saturated heterocycles. The van der Waals surface area contributed by atoms with E-state index in [1.54, 1.807) is 0 Å². The van der Waals surface area contributed by atoms with Crippen LogP contribution in [0.1, 0.15) is 6.42 Å². The van der Waals surface area contributed by atoms with Crippen molar-refractivity contribution in [2.45, 2.75) is 12.5 Å². The second-order valence-electron chi connectivity index (χ2n) is 6.17. The molecule has 0 aromatic heterocycles. The minimum Gasteiger partial charge on any atom is -0.369 e. The summed E-state index contributed by atoms with van der Waals surface area (Å²) in [7, 11) is -2.89. The molecule has 1 atom stereocenters. The maximum Gasteiger partial charge on any atom is 0.225 e. The molecule has 2 fully saturated rings. The topological polar surface area (TPSA) is 78.5 Å². The van der Waals surface area contributed by atoms with Crippen LogP contribution < -0.4 is 15.5 Å². The highest BCUT2D eigenvalue weighted by Crippen LogP contribution is 2.22. The summed E-state index contributed by atoms with van der Waals surface area (Å²) in [6, 6.07) is 7.86. The molecule has 2 aliphatic rings. The molecule has 0 spiro atoms. The lowest BCUT2D eigenvalue weighted by Crippen LogP contribution is -2.40. The highest BCUT2D eigenvalue weighted by atomic mass is 32.2. The Hall–Kier alpha value is -1.25. The Morgan fingerprint density at radius 2 is 2.12 bits per heavy atom. The third-order valence-corrected chi connectivity index (χ3v) is 7.01. The predicted octanol–water partition coefficient (Wildman–Crippen LogP) is 0.955. The Morgan fingerprint density at radius 1 is 1.33 bits per heavy atom. The Balaban J connectivity index is 1.57. The number of anilines is 2. The number of hydrogen-bond donors (Lipinski definition) is 2. The Kier molecular flexibility index (Phi) is 5.68. The lowest BCUT2D eigenvalue weighted by molar-refractivity contribution is -0.116. The molecule has 0 saturated carbocycles. The molecule has 2 aliphatic heterocycles. The Labute approximate surface area is 147 Å². The molecule has 0 radical (unpaired) electrons. The van der Waals surface area contributed by atoms with Gasteiger partial charge in [0.15, 0.2) is 9.84 Å². The van der Waals surface area contributed by atoms with Gasteiger partial charge in [-0.2, -0.15) is 11.8 Å². The summed E-state index contributed by atoms with van der Waals surface area (Å²) in [5, 5.41) is 6.31. The minimum absolute atomic E-state index is 0.00775. The van der Waals surface area contributed by atoms with Crippen molar-refractivity contribution < 1.29 is 13.2 Å². The number of sulfone groups is 1. The highest BCUT2D eigenvalue weighted by Gasteiger charge is 2.22. The van der Waals surface area contributed by atoms with Crippen molar-refractivity contribution >= 4 is 38.9 Å². The molecule has 24 heavy (non-hydrogen) atoms. The number of benzene rings is 1. The maximum atomic E-state index is 12.2. The minimum atomic E-state index is -2.89. The third kappa shape index (κ3) is 4.87. The molecule has 1 aromatic carbocycles. The molecule has 1 amide bonds. The lowest BCUT2D eigenvalue weighted by atomic mass is 10.2. The maximum absolute atomic E-state index is 12.2. The molecule has 132 valence electrons. The van der Waals surface area contributed by atoms with E-state index >= 15 is 0 Å². The number of carbonyl (C=O) groups is 1. The number of hydrogen-bond acceptors (Lipinski definition) is 6. The highest BCUT2D eigenvalue weighted by molar-refractivity contribution is 7.99. The van der Waals surface area contributed by atoms with E-state index in [1.165, 1.54) is 0 Å². The van der Waals surface area contributed by atoms with E-state index in [0.29, 0.717) is 19.5 Å². The first-order valence-electron chi connectivity index (χ1n) is 8.18. The monoisotopic (exact) mass is 369 g/mol. The van der Waals surface area contributed by atoms with Crippen molar-refractivity contribution in [2.24, 2.45) is 0 Å². The van der Waals surface area contributed by atoms with Gasteiger partial charge in [-0.3, -0.25) is 4.79 Å². The van der Waals surface area contributed by atoms with Gasteiger partial charge in [-0.05, 0) is 18.2 Å². The molecule has 8 heteroatoms. The zero-order chi connectivity index (χ0) is 17.0. The summed E-state index contributed by atoms with van der Waals surface area (Å²) >= 11 is 1.87. The molecular weight excluding hydrogens is 346 g/mol. The number of carbonyl (C=O) groups excluding carboxylic acids is 1. The molecule has 3 rings (SSSR count).